The van der Waals surface area contributed by atoms with Gasteiger partial charge < -0.3 is 15.2 Å². The Morgan fingerprint density at radius 1 is 1.08 bits per heavy atom. The number of rotatable bonds is 4. The van der Waals surface area contributed by atoms with Crippen LogP contribution in [0.4, 0.5) is 0 Å². The second-order valence-corrected chi connectivity index (χ2v) is 8.17. The van der Waals surface area contributed by atoms with Gasteiger partial charge in [0.1, 0.15) is 6.23 Å². The topological polar surface area (TPSA) is 95.1 Å². The highest BCUT2D eigenvalue weighted by Crippen LogP contribution is 2.33. The first-order valence-electron chi connectivity index (χ1n) is 10.2. The molecule has 0 aromatic carbocycles. The van der Waals surface area contributed by atoms with E-state index in [-0.39, 0.29) is 18.3 Å². The molecule has 4 fully saturated rings. The second-order valence-electron chi connectivity index (χ2n) is 8.17. The number of nitrogens with zero attached hydrogens (tertiary/aromatic N) is 1. The summed E-state index contributed by atoms with van der Waals surface area (Å²) in [5.41, 5.74) is 3.15. The van der Waals surface area contributed by atoms with E-state index in [2.05, 4.69) is 21.0 Å². The Hall–Kier alpha value is -0.770. The Balaban J connectivity index is 1.24. The zero-order chi connectivity index (χ0) is 17.9. The highest BCUT2D eigenvalue weighted by Gasteiger charge is 2.40. The molecule has 3 saturated heterocycles. The van der Waals surface area contributed by atoms with E-state index in [9.17, 15) is 9.90 Å². The van der Waals surface area contributed by atoms with Crippen LogP contribution in [0.1, 0.15) is 38.5 Å². The molecule has 6 unspecified atom stereocenters. The van der Waals surface area contributed by atoms with Crippen molar-refractivity contribution in [3.8, 4) is 0 Å². The summed E-state index contributed by atoms with van der Waals surface area (Å²) in [5, 5.41) is 16.6. The summed E-state index contributed by atoms with van der Waals surface area (Å²) in [4.78, 5) is 19.6. The fourth-order valence-electron chi connectivity index (χ4n) is 4.93. The van der Waals surface area contributed by atoms with Crippen molar-refractivity contribution in [2.24, 2.45) is 17.8 Å². The van der Waals surface area contributed by atoms with Gasteiger partial charge in [-0.3, -0.25) is 19.8 Å². The molecule has 4 aliphatic rings. The monoisotopic (exact) mass is 368 g/mol. The van der Waals surface area contributed by atoms with Gasteiger partial charge in [-0.05, 0) is 38.0 Å². The lowest BCUT2D eigenvalue weighted by Gasteiger charge is -2.40. The van der Waals surface area contributed by atoms with E-state index >= 15 is 0 Å². The molecule has 3 heterocycles. The van der Waals surface area contributed by atoms with Crippen molar-refractivity contribution in [1.29, 1.82) is 0 Å². The Morgan fingerprint density at radius 3 is 2.65 bits per heavy atom. The van der Waals surface area contributed by atoms with Gasteiger partial charge >= 0.3 is 5.97 Å². The third kappa shape index (κ3) is 4.21. The normalized spacial score (nSPS) is 42.6. The molecule has 6 atom stereocenters. The molecule has 0 radical (unpaired) electrons. The number of nitrogens with one attached hydrogen (secondary N) is 3. The summed E-state index contributed by atoms with van der Waals surface area (Å²) in [6, 6.07) is 0. The predicted molar refractivity (Wildman–Crippen MR) is 94.9 cm³/mol. The van der Waals surface area contributed by atoms with Crippen molar-refractivity contribution in [2.75, 3.05) is 32.8 Å². The van der Waals surface area contributed by atoms with Gasteiger partial charge in [0, 0.05) is 25.6 Å². The van der Waals surface area contributed by atoms with Crippen molar-refractivity contribution in [2.45, 2.75) is 57.1 Å². The number of carbonyl (C=O) groups is 1. The van der Waals surface area contributed by atoms with Crippen LogP contribution in [0, 0.1) is 17.8 Å². The van der Waals surface area contributed by atoms with E-state index in [1.165, 1.54) is 0 Å². The molecular weight excluding hydrogens is 336 g/mol. The van der Waals surface area contributed by atoms with Crippen LogP contribution >= 0.6 is 0 Å². The molecule has 1 aliphatic carbocycles. The van der Waals surface area contributed by atoms with E-state index < -0.39 is 5.97 Å². The number of carboxylic acids is 1. The number of morpholine rings is 1. The molecule has 3 aliphatic heterocycles. The van der Waals surface area contributed by atoms with E-state index in [1.54, 1.807) is 0 Å². The molecule has 0 bridgehead atoms. The van der Waals surface area contributed by atoms with Crippen molar-refractivity contribution in [3.05, 3.63) is 0 Å². The standard InChI is InChI=1S/C18H32N4O4/c23-18(24)13-3-1-2-12(10-13)16-20-17(26-21-16)14-4-5-15(19-11-14)22-6-8-25-9-7-22/h12-17,19-21H,1-11H2,(H,23,24). The van der Waals surface area contributed by atoms with Gasteiger partial charge in [0.15, 0.2) is 0 Å². The number of aliphatic carboxylic acids is 1. The van der Waals surface area contributed by atoms with Crippen LogP contribution in [0.3, 0.4) is 0 Å². The fraction of sp³-hybridized carbons (Fsp3) is 0.944. The number of hydrogen-bond donors (Lipinski definition) is 4. The largest absolute Gasteiger partial charge is 0.481 e. The van der Waals surface area contributed by atoms with Crippen molar-refractivity contribution >= 4 is 5.97 Å². The second kappa shape index (κ2) is 8.50. The Kier molecular flexibility index (Phi) is 6.07. The first-order chi connectivity index (χ1) is 12.7. The highest BCUT2D eigenvalue weighted by molar-refractivity contribution is 5.70. The van der Waals surface area contributed by atoms with E-state index in [0.717, 1.165) is 71.4 Å². The Labute approximate surface area is 154 Å². The molecule has 148 valence electrons. The fourth-order valence-corrected chi connectivity index (χ4v) is 4.93. The molecule has 0 amide bonds. The molecule has 0 aromatic rings. The van der Waals surface area contributed by atoms with E-state index in [4.69, 9.17) is 9.57 Å². The average Bonchev–Trinajstić information content (AvgIpc) is 3.19. The number of piperidine rings is 1. The lowest BCUT2D eigenvalue weighted by atomic mass is 9.80. The average molecular weight is 368 g/mol. The van der Waals surface area contributed by atoms with Gasteiger partial charge in [-0.1, -0.05) is 6.42 Å². The quantitative estimate of drug-likeness (QED) is 0.563. The maximum Gasteiger partial charge on any atom is 0.306 e. The zero-order valence-electron chi connectivity index (χ0n) is 15.4. The minimum atomic E-state index is -0.657. The minimum absolute atomic E-state index is 0.00310. The van der Waals surface area contributed by atoms with Crippen LogP contribution in [-0.4, -0.2) is 67.4 Å². The lowest BCUT2D eigenvalue weighted by molar-refractivity contribution is -0.143. The minimum Gasteiger partial charge on any atom is -0.481 e. The van der Waals surface area contributed by atoms with Crippen LogP contribution in [0.15, 0.2) is 0 Å². The van der Waals surface area contributed by atoms with Crippen molar-refractivity contribution < 1.29 is 19.5 Å². The number of hydroxylamine groups is 1. The van der Waals surface area contributed by atoms with Crippen LogP contribution in [0.25, 0.3) is 0 Å². The summed E-state index contributed by atoms with van der Waals surface area (Å²) >= 11 is 0. The molecule has 8 heteroatoms. The van der Waals surface area contributed by atoms with Gasteiger partial charge in [0.05, 0.1) is 31.5 Å². The van der Waals surface area contributed by atoms with Gasteiger partial charge in [0.2, 0.25) is 0 Å². The summed E-state index contributed by atoms with van der Waals surface area (Å²) in [7, 11) is 0. The Morgan fingerprint density at radius 2 is 1.92 bits per heavy atom. The molecule has 26 heavy (non-hydrogen) atoms. The molecule has 8 nitrogen and oxygen atoms in total. The first kappa shape index (κ1) is 18.6. The third-order valence-corrected chi connectivity index (χ3v) is 6.54. The maximum atomic E-state index is 11.3. The molecule has 4 N–H and O–H groups in total. The van der Waals surface area contributed by atoms with Crippen LogP contribution in [0.2, 0.25) is 0 Å². The summed E-state index contributed by atoms with van der Waals surface area (Å²) in [6.07, 6.45) is 6.36. The summed E-state index contributed by atoms with van der Waals surface area (Å²) < 4.78 is 5.44. The molecular formula is C18H32N4O4. The number of ether oxygens (including phenoxy) is 1. The number of carboxylic acid groups (broad SMARTS) is 1. The lowest BCUT2D eigenvalue weighted by Crippen LogP contribution is -2.56. The predicted octanol–water partition coefficient (Wildman–Crippen LogP) is 0.312. The Bertz CT molecular complexity index is 480. The first-order valence-corrected chi connectivity index (χ1v) is 10.2. The van der Waals surface area contributed by atoms with Crippen LogP contribution in [-0.2, 0) is 14.4 Å². The van der Waals surface area contributed by atoms with Gasteiger partial charge in [-0.15, -0.1) is 0 Å². The maximum absolute atomic E-state index is 11.3. The van der Waals surface area contributed by atoms with Gasteiger partial charge in [0.25, 0.3) is 0 Å². The van der Waals surface area contributed by atoms with Gasteiger partial charge in [-0.25, -0.2) is 0 Å². The SMILES string of the molecule is O=C(O)C1CCCC(C2NOC(C3CCC(N4CCOCC4)NC3)N2)C1. The molecule has 0 spiro atoms. The van der Waals surface area contributed by atoms with Crippen molar-refractivity contribution in [3.63, 3.8) is 0 Å². The summed E-state index contributed by atoms with van der Waals surface area (Å²) in [5.74, 6) is -0.103. The van der Waals surface area contributed by atoms with Gasteiger partial charge in [-0.2, -0.15) is 5.48 Å². The molecule has 4 rings (SSSR count). The van der Waals surface area contributed by atoms with Crippen molar-refractivity contribution in [1.82, 2.24) is 21.0 Å². The van der Waals surface area contributed by atoms with Crippen LogP contribution < -0.4 is 16.1 Å². The molecule has 1 saturated carbocycles. The van der Waals surface area contributed by atoms with E-state index in [0.29, 0.717) is 18.0 Å². The van der Waals surface area contributed by atoms with E-state index in [1.807, 2.05) is 0 Å². The van der Waals surface area contributed by atoms with Crippen LogP contribution in [0.5, 0.6) is 0 Å². The zero-order valence-corrected chi connectivity index (χ0v) is 15.4. The smallest absolute Gasteiger partial charge is 0.306 e. The highest BCUT2D eigenvalue weighted by atomic mass is 16.7. The number of hydrogen-bond acceptors (Lipinski definition) is 7. The molecule has 0 aromatic heterocycles. The third-order valence-electron chi connectivity index (χ3n) is 6.54. The summed E-state index contributed by atoms with van der Waals surface area (Å²) in [6.45, 7) is 4.63.